The Hall–Kier alpha value is -1.88. The summed E-state index contributed by atoms with van der Waals surface area (Å²) in [7, 11) is 1.85. The Morgan fingerprint density at radius 2 is 2.21 bits per heavy atom. The molecule has 0 spiro atoms. The van der Waals surface area contributed by atoms with Crippen molar-refractivity contribution in [1.82, 2.24) is 20.3 Å². The fourth-order valence-corrected chi connectivity index (χ4v) is 1.86. The quantitative estimate of drug-likeness (QED) is 0.860. The summed E-state index contributed by atoms with van der Waals surface area (Å²) in [6.45, 7) is 6.37. The molecule has 0 unspecified atom stereocenters. The van der Waals surface area contributed by atoms with Crippen LogP contribution in [-0.2, 0) is 20.2 Å². The fraction of sp³-hybridized carbons (Fsp3) is 0.429. The first-order valence-electron chi connectivity index (χ1n) is 6.47. The van der Waals surface area contributed by atoms with E-state index < -0.39 is 0 Å². The van der Waals surface area contributed by atoms with Crippen LogP contribution in [0.5, 0.6) is 5.75 Å². The number of aryl methyl sites for hydroxylation is 2. The zero-order chi connectivity index (χ0) is 13.7. The smallest absolute Gasteiger partial charge is 0.134 e. The van der Waals surface area contributed by atoms with Gasteiger partial charge in [-0.2, -0.15) is 0 Å². The summed E-state index contributed by atoms with van der Waals surface area (Å²) in [5.74, 6) is 0.900. The Balaban J connectivity index is 2.05. The van der Waals surface area contributed by atoms with Crippen LogP contribution in [0.25, 0.3) is 0 Å². The molecule has 0 fully saturated rings. The molecule has 0 aliphatic carbocycles. The SMILES string of the molecule is CCNCc1cc(C)ccc1OCc1cn(C)nn1. The van der Waals surface area contributed by atoms with E-state index in [0.717, 1.165) is 24.5 Å². The molecular weight excluding hydrogens is 240 g/mol. The van der Waals surface area contributed by atoms with Crippen molar-refractivity contribution in [3.05, 3.63) is 41.2 Å². The van der Waals surface area contributed by atoms with Crippen LogP contribution in [0.3, 0.4) is 0 Å². The first-order valence-corrected chi connectivity index (χ1v) is 6.47. The second kappa shape index (κ2) is 6.33. The molecule has 1 aromatic heterocycles. The molecule has 1 aromatic carbocycles. The first-order chi connectivity index (χ1) is 9.19. The Morgan fingerprint density at radius 1 is 1.37 bits per heavy atom. The Labute approximate surface area is 113 Å². The van der Waals surface area contributed by atoms with Crippen molar-refractivity contribution >= 4 is 0 Å². The van der Waals surface area contributed by atoms with Crippen molar-refractivity contribution in [2.45, 2.75) is 27.0 Å². The molecule has 0 atom stereocenters. The highest BCUT2D eigenvalue weighted by molar-refractivity contribution is 5.36. The van der Waals surface area contributed by atoms with E-state index in [1.165, 1.54) is 11.1 Å². The van der Waals surface area contributed by atoms with E-state index in [0.29, 0.717) is 6.61 Å². The van der Waals surface area contributed by atoms with E-state index in [4.69, 9.17) is 4.74 Å². The summed E-state index contributed by atoms with van der Waals surface area (Å²) in [6, 6.07) is 6.22. The standard InChI is InChI=1S/C14H20N4O/c1-4-15-8-12-7-11(2)5-6-14(12)19-10-13-9-18(3)17-16-13/h5-7,9,15H,4,8,10H2,1-3H3. The van der Waals surface area contributed by atoms with Crippen molar-refractivity contribution < 1.29 is 4.74 Å². The Morgan fingerprint density at radius 3 is 2.89 bits per heavy atom. The number of rotatable bonds is 6. The van der Waals surface area contributed by atoms with Gasteiger partial charge >= 0.3 is 0 Å². The maximum atomic E-state index is 5.83. The average molecular weight is 260 g/mol. The average Bonchev–Trinajstić information content (AvgIpc) is 2.81. The summed E-state index contributed by atoms with van der Waals surface area (Å²) in [5.41, 5.74) is 3.24. The van der Waals surface area contributed by atoms with Crippen LogP contribution in [0.1, 0.15) is 23.7 Å². The highest BCUT2D eigenvalue weighted by Gasteiger charge is 2.05. The second-order valence-corrected chi connectivity index (χ2v) is 4.56. The minimum Gasteiger partial charge on any atom is -0.487 e. The predicted molar refractivity (Wildman–Crippen MR) is 73.9 cm³/mol. The number of benzene rings is 1. The lowest BCUT2D eigenvalue weighted by atomic mass is 10.1. The van der Waals surface area contributed by atoms with Crippen molar-refractivity contribution in [2.75, 3.05) is 6.54 Å². The molecule has 0 radical (unpaired) electrons. The Bertz CT molecular complexity index is 536. The molecule has 1 N–H and O–H groups in total. The van der Waals surface area contributed by atoms with E-state index in [1.807, 2.05) is 19.3 Å². The molecule has 19 heavy (non-hydrogen) atoms. The molecule has 5 nitrogen and oxygen atoms in total. The largest absolute Gasteiger partial charge is 0.487 e. The topological polar surface area (TPSA) is 52.0 Å². The van der Waals surface area contributed by atoms with Gasteiger partial charge in [-0.3, -0.25) is 4.68 Å². The van der Waals surface area contributed by atoms with Crippen LogP contribution in [0.2, 0.25) is 0 Å². The highest BCUT2D eigenvalue weighted by Crippen LogP contribution is 2.20. The van der Waals surface area contributed by atoms with Crippen molar-refractivity contribution in [1.29, 1.82) is 0 Å². The zero-order valence-corrected chi connectivity index (χ0v) is 11.7. The van der Waals surface area contributed by atoms with Gasteiger partial charge in [-0.25, -0.2) is 0 Å². The van der Waals surface area contributed by atoms with Crippen molar-refractivity contribution in [3.63, 3.8) is 0 Å². The zero-order valence-electron chi connectivity index (χ0n) is 11.7. The van der Waals surface area contributed by atoms with Crippen LogP contribution in [0, 0.1) is 6.92 Å². The van der Waals surface area contributed by atoms with Crippen LogP contribution in [0.15, 0.2) is 24.4 Å². The minimum absolute atomic E-state index is 0.441. The van der Waals surface area contributed by atoms with Gasteiger partial charge in [-0.1, -0.05) is 29.8 Å². The van der Waals surface area contributed by atoms with Crippen LogP contribution in [-0.4, -0.2) is 21.5 Å². The number of nitrogens with zero attached hydrogens (tertiary/aromatic N) is 3. The summed E-state index contributed by atoms with van der Waals surface area (Å²) in [6.07, 6.45) is 1.86. The van der Waals surface area contributed by atoms with Gasteiger partial charge in [0.25, 0.3) is 0 Å². The normalized spacial score (nSPS) is 10.7. The van der Waals surface area contributed by atoms with Gasteiger partial charge in [0, 0.05) is 19.2 Å². The minimum atomic E-state index is 0.441. The van der Waals surface area contributed by atoms with Crippen LogP contribution in [0.4, 0.5) is 0 Å². The van der Waals surface area contributed by atoms with Gasteiger partial charge in [0.1, 0.15) is 18.1 Å². The number of nitrogens with one attached hydrogen (secondary N) is 1. The number of aromatic nitrogens is 3. The van der Waals surface area contributed by atoms with Gasteiger partial charge in [0.15, 0.2) is 0 Å². The van der Waals surface area contributed by atoms with Crippen molar-refractivity contribution in [3.8, 4) is 5.75 Å². The molecule has 5 heteroatoms. The monoisotopic (exact) mass is 260 g/mol. The molecule has 102 valence electrons. The van der Waals surface area contributed by atoms with Crippen LogP contribution < -0.4 is 10.1 Å². The van der Waals surface area contributed by atoms with Crippen LogP contribution >= 0.6 is 0 Å². The third-order valence-corrected chi connectivity index (χ3v) is 2.81. The first kappa shape index (κ1) is 13.5. The molecular formula is C14H20N4O. The van der Waals surface area contributed by atoms with Gasteiger partial charge in [0.2, 0.25) is 0 Å². The lowest BCUT2D eigenvalue weighted by Gasteiger charge is -2.11. The summed E-state index contributed by atoms with van der Waals surface area (Å²) >= 11 is 0. The molecule has 0 bridgehead atoms. The fourth-order valence-electron chi connectivity index (χ4n) is 1.86. The summed E-state index contributed by atoms with van der Waals surface area (Å²) in [5, 5.41) is 11.2. The van der Waals surface area contributed by atoms with Crippen molar-refractivity contribution in [2.24, 2.45) is 7.05 Å². The maximum Gasteiger partial charge on any atom is 0.134 e. The molecule has 2 rings (SSSR count). The molecule has 0 aliphatic heterocycles. The molecule has 0 aliphatic rings. The number of hydrogen-bond acceptors (Lipinski definition) is 4. The van der Waals surface area contributed by atoms with E-state index in [1.54, 1.807) is 4.68 Å². The second-order valence-electron chi connectivity index (χ2n) is 4.56. The molecule has 0 saturated heterocycles. The lowest BCUT2D eigenvalue weighted by Crippen LogP contribution is -2.13. The number of ether oxygens (including phenoxy) is 1. The lowest BCUT2D eigenvalue weighted by molar-refractivity contribution is 0.297. The van der Waals surface area contributed by atoms with E-state index in [9.17, 15) is 0 Å². The number of hydrogen-bond donors (Lipinski definition) is 1. The van der Waals surface area contributed by atoms with E-state index in [-0.39, 0.29) is 0 Å². The van der Waals surface area contributed by atoms with E-state index >= 15 is 0 Å². The molecule has 0 saturated carbocycles. The highest BCUT2D eigenvalue weighted by atomic mass is 16.5. The third-order valence-electron chi connectivity index (χ3n) is 2.81. The van der Waals surface area contributed by atoms with Gasteiger partial charge in [-0.05, 0) is 19.5 Å². The molecule has 1 heterocycles. The van der Waals surface area contributed by atoms with Gasteiger partial charge in [-0.15, -0.1) is 5.10 Å². The molecule has 0 amide bonds. The van der Waals surface area contributed by atoms with Gasteiger partial charge < -0.3 is 10.1 Å². The predicted octanol–water partition coefficient (Wildman–Crippen LogP) is 1.81. The third kappa shape index (κ3) is 3.79. The maximum absolute atomic E-state index is 5.83. The Kier molecular flexibility index (Phi) is 4.52. The van der Waals surface area contributed by atoms with Gasteiger partial charge in [0.05, 0.1) is 6.20 Å². The molecule has 2 aromatic rings. The summed E-state index contributed by atoms with van der Waals surface area (Å²) < 4.78 is 7.51. The summed E-state index contributed by atoms with van der Waals surface area (Å²) in [4.78, 5) is 0. The van der Waals surface area contributed by atoms with E-state index in [2.05, 4.69) is 41.6 Å².